The van der Waals surface area contributed by atoms with Crippen LogP contribution in [0.4, 0.5) is 10.1 Å². The molecule has 0 heterocycles. The largest absolute Gasteiger partial charge is 0.396 e. The van der Waals surface area contributed by atoms with E-state index in [1.54, 1.807) is 6.92 Å². The summed E-state index contributed by atoms with van der Waals surface area (Å²) in [5.41, 5.74) is 5.57. The van der Waals surface area contributed by atoms with Gasteiger partial charge in [0.1, 0.15) is 5.82 Å². The summed E-state index contributed by atoms with van der Waals surface area (Å²) >= 11 is 0. The van der Waals surface area contributed by atoms with Crippen molar-refractivity contribution >= 4 is 15.7 Å². The van der Waals surface area contributed by atoms with E-state index in [0.717, 1.165) is 6.07 Å². The Hall–Kier alpha value is -1.14. The first-order chi connectivity index (χ1) is 9.08. The van der Waals surface area contributed by atoms with Crippen LogP contribution in [0.2, 0.25) is 0 Å². The van der Waals surface area contributed by atoms with Crippen LogP contribution in [0.1, 0.15) is 44.7 Å². The van der Waals surface area contributed by atoms with Crippen molar-refractivity contribution in [2.24, 2.45) is 0 Å². The van der Waals surface area contributed by atoms with Gasteiger partial charge in [0.2, 0.25) is 10.0 Å². The molecule has 1 rings (SSSR count). The normalized spacial score (nSPS) is 12.7. The molecule has 0 radical (unpaired) electrons. The predicted molar refractivity (Wildman–Crippen MR) is 79.6 cm³/mol. The Morgan fingerprint density at radius 2 is 1.80 bits per heavy atom. The maximum Gasteiger partial charge on any atom is 0.241 e. The zero-order valence-corrected chi connectivity index (χ0v) is 13.5. The van der Waals surface area contributed by atoms with Crippen LogP contribution in [0.5, 0.6) is 0 Å². The molecule has 0 aliphatic rings. The van der Waals surface area contributed by atoms with E-state index < -0.39 is 21.4 Å². The minimum atomic E-state index is -3.74. The van der Waals surface area contributed by atoms with E-state index in [1.165, 1.54) is 6.92 Å². The highest BCUT2D eigenvalue weighted by Gasteiger charge is 2.30. The van der Waals surface area contributed by atoms with Crippen molar-refractivity contribution in [1.29, 1.82) is 0 Å². The maximum atomic E-state index is 13.5. The minimum Gasteiger partial charge on any atom is -0.396 e. The average molecular weight is 302 g/mol. The molecule has 0 aliphatic heterocycles. The van der Waals surface area contributed by atoms with Crippen LogP contribution in [-0.2, 0) is 10.0 Å². The van der Waals surface area contributed by atoms with Crippen LogP contribution in [-0.4, -0.2) is 14.0 Å². The first-order valence-corrected chi connectivity index (χ1v) is 8.15. The fourth-order valence-corrected chi connectivity index (χ4v) is 4.15. The number of hydrogen-bond donors (Lipinski definition) is 2. The molecule has 0 atom stereocenters. The summed E-state index contributed by atoms with van der Waals surface area (Å²) in [6.45, 7) is 8.78. The van der Waals surface area contributed by atoms with E-state index in [9.17, 15) is 12.8 Å². The summed E-state index contributed by atoms with van der Waals surface area (Å²) in [5, 5.41) is 0. The molecular weight excluding hydrogens is 279 g/mol. The second kappa shape index (κ2) is 5.69. The minimum absolute atomic E-state index is 0.0736. The number of benzene rings is 1. The second-order valence-corrected chi connectivity index (χ2v) is 7.04. The van der Waals surface area contributed by atoms with Gasteiger partial charge >= 0.3 is 0 Å². The molecule has 1 aromatic rings. The number of hydrogen-bond acceptors (Lipinski definition) is 3. The molecule has 20 heavy (non-hydrogen) atoms. The highest BCUT2D eigenvalue weighted by molar-refractivity contribution is 7.89. The molecule has 4 nitrogen and oxygen atoms in total. The fourth-order valence-electron chi connectivity index (χ4n) is 2.11. The van der Waals surface area contributed by atoms with Gasteiger partial charge in [-0.3, -0.25) is 0 Å². The monoisotopic (exact) mass is 302 g/mol. The number of aryl methyl sites for hydroxylation is 1. The number of nitrogen functional groups attached to an aromatic ring is 1. The SMILES string of the molecule is CCC(C)(CC)NS(=O)(=O)c1c(C)cc(F)c(N)c1C. The molecule has 6 heteroatoms. The number of sulfonamides is 1. The van der Waals surface area contributed by atoms with E-state index >= 15 is 0 Å². The van der Waals surface area contributed by atoms with Crippen LogP contribution < -0.4 is 10.5 Å². The van der Waals surface area contributed by atoms with Crippen molar-refractivity contribution in [3.8, 4) is 0 Å². The molecule has 0 aliphatic carbocycles. The molecule has 0 unspecified atom stereocenters. The maximum absolute atomic E-state index is 13.5. The molecule has 0 amide bonds. The molecule has 1 aromatic carbocycles. The van der Waals surface area contributed by atoms with Gasteiger partial charge in [0.25, 0.3) is 0 Å². The molecule has 0 spiro atoms. The summed E-state index contributed by atoms with van der Waals surface area (Å²) in [6.07, 6.45) is 1.33. The summed E-state index contributed by atoms with van der Waals surface area (Å²) < 4.78 is 41.4. The van der Waals surface area contributed by atoms with Gasteiger partial charge in [0.15, 0.2) is 0 Å². The lowest BCUT2D eigenvalue weighted by Crippen LogP contribution is -2.45. The third kappa shape index (κ3) is 3.12. The van der Waals surface area contributed by atoms with Gasteiger partial charge in [-0.2, -0.15) is 0 Å². The molecular formula is C14H23FN2O2S. The smallest absolute Gasteiger partial charge is 0.241 e. The Labute approximate surface area is 120 Å². The third-order valence-electron chi connectivity index (χ3n) is 3.91. The lowest BCUT2D eigenvalue weighted by atomic mass is 9.98. The summed E-state index contributed by atoms with van der Waals surface area (Å²) in [7, 11) is -3.74. The number of rotatable bonds is 5. The highest BCUT2D eigenvalue weighted by Crippen LogP contribution is 2.29. The van der Waals surface area contributed by atoms with Crippen LogP contribution in [0.3, 0.4) is 0 Å². The fraction of sp³-hybridized carbons (Fsp3) is 0.571. The van der Waals surface area contributed by atoms with Gasteiger partial charge in [-0.25, -0.2) is 17.5 Å². The molecule has 0 aromatic heterocycles. The van der Waals surface area contributed by atoms with Gasteiger partial charge in [-0.05, 0) is 50.8 Å². The summed E-state index contributed by atoms with van der Waals surface area (Å²) in [6, 6.07) is 1.16. The summed E-state index contributed by atoms with van der Waals surface area (Å²) in [5.74, 6) is -0.590. The Kier molecular flexibility index (Phi) is 4.82. The predicted octanol–water partition coefficient (Wildman–Crippen LogP) is 2.88. The van der Waals surface area contributed by atoms with Gasteiger partial charge in [0.05, 0.1) is 10.6 Å². The first-order valence-electron chi connectivity index (χ1n) is 6.67. The van der Waals surface area contributed by atoms with Crippen LogP contribution >= 0.6 is 0 Å². The lowest BCUT2D eigenvalue weighted by molar-refractivity contribution is 0.388. The number of nitrogens with two attached hydrogens (primary N) is 1. The second-order valence-electron chi connectivity index (χ2n) is 5.42. The van der Waals surface area contributed by atoms with Crippen LogP contribution in [0.15, 0.2) is 11.0 Å². The molecule has 3 N–H and O–H groups in total. The van der Waals surface area contributed by atoms with E-state index in [-0.39, 0.29) is 16.1 Å². The first kappa shape index (κ1) is 16.9. The summed E-state index contributed by atoms with van der Waals surface area (Å²) in [4.78, 5) is 0.0736. The standard InChI is InChI=1S/C14H23FN2O2S/c1-6-14(5,7-2)17-20(18,19)13-9(3)8-11(15)12(16)10(13)4/h8,17H,6-7,16H2,1-5H3. The van der Waals surface area contributed by atoms with Crippen molar-refractivity contribution < 1.29 is 12.8 Å². The Morgan fingerprint density at radius 1 is 1.30 bits per heavy atom. The lowest BCUT2D eigenvalue weighted by Gasteiger charge is -2.28. The molecule has 0 saturated heterocycles. The van der Waals surface area contributed by atoms with Gasteiger partial charge < -0.3 is 5.73 Å². The Balaban J connectivity index is 3.41. The zero-order valence-electron chi connectivity index (χ0n) is 12.7. The molecule has 0 saturated carbocycles. The van der Waals surface area contributed by atoms with Crippen molar-refractivity contribution in [3.63, 3.8) is 0 Å². The molecule has 0 bridgehead atoms. The number of nitrogens with one attached hydrogen (secondary N) is 1. The molecule has 0 fully saturated rings. The van der Waals surface area contributed by atoms with E-state index in [0.29, 0.717) is 18.4 Å². The van der Waals surface area contributed by atoms with Crippen LogP contribution in [0, 0.1) is 19.7 Å². The van der Waals surface area contributed by atoms with E-state index in [1.807, 2.05) is 20.8 Å². The van der Waals surface area contributed by atoms with Gasteiger partial charge in [-0.1, -0.05) is 13.8 Å². The Bertz CT molecular complexity index is 608. The van der Waals surface area contributed by atoms with Crippen molar-refractivity contribution in [3.05, 3.63) is 23.0 Å². The zero-order chi connectivity index (χ0) is 15.7. The van der Waals surface area contributed by atoms with Crippen molar-refractivity contribution in [2.75, 3.05) is 5.73 Å². The van der Waals surface area contributed by atoms with Gasteiger partial charge in [-0.15, -0.1) is 0 Å². The van der Waals surface area contributed by atoms with E-state index in [2.05, 4.69) is 4.72 Å². The quantitative estimate of drug-likeness (QED) is 0.821. The highest BCUT2D eigenvalue weighted by atomic mass is 32.2. The van der Waals surface area contributed by atoms with Crippen molar-refractivity contribution in [2.45, 2.75) is 57.9 Å². The van der Waals surface area contributed by atoms with E-state index in [4.69, 9.17) is 5.73 Å². The van der Waals surface area contributed by atoms with Crippen LogP contribution in [0.25, 0.3) is 0 Å². The number of halogens is 1. The third-order valence-corrected chi connectivity index (χ3v) is 5.84. The topological polar surface area (TPSA) is 72.2 Å². The Morgan fingerprint density at radius 3 is 2.25 bits per heavy atom. The molecule has 114 valence electrons. The number of anilines is 1. The van der Waals surface area contributed by atoms with Gasteiger partial charge in [0, 0.05) is 5.54 Å². The average Bonchev–Trinajstić information content (AvgIpc) is 2.35. The van der Waals surface area contributed by atoms with Crippen molar-refractivity contribution in [1.82, 2.24) is 4.72 Å².